The molecule has 0 amide bonds. The van der Waals surface area contributed by atoms with Crippen LogP contribution in [-0.4, -0.2) is 32.3 Å². The normalized spacial score (nSPS) is 20.0. The van der Waals surface area contributed by atoms with Gasteiger partial charge < -0.3 is 20.3 Å². The van der Waals surface area contributed by atoms with Crippen LogP contribution in [0.2, 0.25) is 0 Å². The molecule has 0 spiro atoms. The number of nitrogens with one attached hydrogen (secondary N) is 2. The van der Waals surface area contributed by atoms with E-state index >= 15 is 0 Å². The van der Waals surface area contributed by atoms with Crippen LogP contribution in [0.3, 0.4) is 0 Å². The zero-order valence-corrected chi connectivity index (χ0v) is 12.7. The van der Waals surface area contributed by atoms with Gasteiger partial charge in [0.15, 0.2) is 11.5 Å². The van der Waals surface area contributed by atoms with Gasteiger partial charge in [-0.15, -0.1) is 0 Å². The van der Waals surface area contributed by atoms with Crippen LogP contribution >= 0.6 is 0 Å². The van der Waals surface area contributed by atoms with Gasteiger partial charge in [0.05, 0.1) is 6.04 Å². The molecule has 0 fully saturated rings. The van der Waals surface area contributed by atoms with Gasteiger partial charge in [-0.3, -0.25) is 10.1 Å². The fourth-order valence-electron chi connectivity index (χ4n) is 3.38. The largest absolute Gasteiger partial charge is 0.504 e. The number of hydrogen-bond donors (Lipinski definition) is 5. The number of carbonyl (C=O) groups is 1. The molecule has 2 atom stereocenters. The third-order valence-corrected chi connectivity index (χ3v) is 4.54. The van der Waals surface area contributed by atoms with Crippen molar-refractivity contribution < 1.29 is 20.1 Å². The Hall–Kier alpha value is -2.99. The number of phenols is 2. The lowest BCUT2D eigenvalue weighted by atomic mass is 9.90. The maximum absolute atomic E-state index is 11.6. The molecule has 1 aliphatic heterocycles. The molecular formula is C18H16N2O4. The van der Waals surface area contributed by atoms with Crippen molar-refractivity contribution in [3.05, 3.63) is 59.3 Å². The molecule has 1 aliphatic rings. The minimum atomic E-state index is -0.918. The topological polar surface area (TPSA) is 106 Å². The van der Waals surface area contributed by atoms with Crippen LogP contribution in [0.5, 0.6) is 11.5 Å². The number of phenolic OH excluding ortho intramolecular Hbond substituents is 2. The molecule has 6 heteroatoms. The highest BCUT2D eigenvalue weighted by Crippen LogP contribution is 2.37. The van der Waals surface area contributed by atoms with Crippen LogP contribution in [0.25, 0.3) is 10.9 Å². The van der Waals surface area contributed by atoms with Crippen LogP contribution in [0, 0.1) is 0 Å². The van der Waals surface area contributed by atoms with Crippen molar-refractivity contribution >= 4 is 16.9 Å². The van der Waals surface area contributed by atoms with E-state index in [-0.39, 0.29) is 11.5 Å². The molecule has 0 saturated carbocycles. The second-order valence-corrected chi connectivity index (χ2v) is 6.01. The number of aromatic nitrogens is 1. The van der Waals surface area contributed by atoms with Crippen molar-refractivity contribution in [3.8, 4) is 11.5 Å². The van der Waals surface area contributed by atoms with Crippen LogP contribution in [0.15, 0.2) is 42.5 Å². The van der Waals surface area contributed by atoms with E-state index in [1.54, 1.807) is 6.07 Å². The summed E-state index contributed by atoms with van der Waals surface area (Å²) in [5.74, 6) is -1.36. The summed E-state index contributed by atoms with van der Waals surface area (Å²) in [5, 5.41) is 32.9. The summed E-state index contributed by atoms with van der Waals surface area (Å²) >= 11 is 0. The number of H-pyrrole nitrogens is 1. The molecule has 0 saturated heterocycles. The van der Waals surface area contributed by atoms with Crippen LogP contribution in [0.1, 0.15) is 22.9 Å². The number of aromatic hydroxyl groups is 2. The van der Waals surface area contributed by atoms with Gasteiger partial charge in [-0.25, -0.2) is 0 Å². The van der Waals surface area contributed by atoms with Crippen LogP contribution < -0.4 is 5.32 Å². The van der Waals surface area contributed by atoms with E-state index in [9.17, 15) is 20.1 Å². The fourth-order valence-corrected chi connectivity index (χ4v) is 3.38. The highest BCUT2D eigenvalue weighted by atomic mass is 16.4. The number of aliphatic carboxylic acids is 1. The van der Waals surface area contributed by atoms with Gasteiger partial charge in [0, 0.05) is 23.0 Å². The number of benzene rings is 2. The van der Waals surface area contributed by atoms with Gasteiger partial charge in [-0.05, 0) is 29.3 Å². The lowest BCUT2D eigenvalue weighted by Gasteiger charge is -2.29. The second-order valence-electron chi connectivity index (χ2n) is 6.01. The molecule has 0 aliphatic carbocycles. The Morgan fingerprint density at radius 2 is 1.88 bits per heavy atom. The molecule has 122 valence electrons. The Kier molecular flexibility index (Phi) is 3.21. The molecular weight excluding hydrogens is 308 g/mol. The van der Waals surface area contributed by atoms with Crippen LogP contribution in [-0.2, 0) is 11.2 Å². The van der Waals surface area contributed by atoms with Crippen molar-refractivity contribution in [2.75, 3.05) is 0 Å². The molecule has 4 rings (SSSR count). The minimum absolute atomic E-state index is 0.207. The number of fused-ring (bicyclic) bond motifs is 3. The molecule has 2 heterocycles. The average Bonchev–Trinajstić information content (AvgIpc) is 2.95. The number of rotatable bonds is 2. The quantitative estimate of drug-likeness (QED) is 0.465. The van der Waals surface area contributed by atoms with Gasteiger partial charge >= 0.3 is 5.97 Å². The number of aromatic amines is 1. The standard InChI is InChI=1S/C18H16N2O4/c21-14-6-5-9(7-15(14)22)16-17-11(8-13(20-16)18(23)24)10-3-1-2-4-12(10)19-17/h1-7,13,16,19-22H,8H2,(H,23,24)/t13-,16-/m1/s1. The van der Waals surface area contributed by atoms with Crippen molar-refractivity contribution in [2.45, 2.75) is 18.5 Å². The molecule has 0 unspecified atom stereocenters. The summed E-state index contributed by atoms with van der Waals surface area (Å²) in [7, 11) is 0. The van der Waals surface area contributed by atoms with Gasteiger partial charge in [0.2, 0.25) is 0 Å². The van der Waals surface area contributed by atoms with Crippen molar-refractivity contribution in [1.29, 1.82) is 0 Å². The summed E-state index contributed by atoms with van der Waals surface area (Å²) in [6.07, 6.45) is 0.384. The Bertz CT molecular complexity index is 947. The predicted octanol–water partition coefficient (Wildman–Crippen LogP) is 2.27. The first-order chi connectivity index (χ1) is 11.5. The third kappa shape index (κ3) is 2.19. The molecule has 0 radical (unpaired) electrons. The van der Waals surface area contributed by atoms with Crippen molar-refractivity contribution in [1.82, 2.24) is 10.3 Å². The molecule has 24 heavy (non-hydrogen) atoms. The smallest absolute Gasteiger partial charge is 0.321 e. The Balaban J connectivity index is 1.90. The zero-order chi connectivity index (χ0) is 16.8. The number of hydrogen-bond acceptors (Lipinski definition) is 4. The highest BCUT2D eigenvalue weighted by Gasteiger charge is 2.34. The molecule has 0 bridgehead atoms. The van der Waals surface area contributed by atoms with Gasteiger partial charge in [0.1, 0.15) is 6.04 Å². The summed E-state index contributed by atoms with van der Waals surface area (Å²) in [4.78, 5) is 14.9. The number of carboxylic acid groups (broad SMARTS) is 1. The van der Waals surface area contributed by atoms with E-state index in [0.717, 1.165) is 22.2 Å². The first-order valence-electron chi connectivity index (χ1n) is 7.65. The SMILES string of the molecule is O=C(O)[C@H]1Cc2c([nH]c3ccccc23)[C@@H](c2ccc(O)c(O)c2)N1. The van der Waals surface area contributed by atoms with Crippen molar-refractivity contribution in [3.63, 3.8) is 0 Å². The second kappa shape index (κ2) is 5.28. The minimum Gasteiger partial charge on any atom is -0.504 e. The van der Waals surface area contributed by atoms with Gasteiger partial charge in [-0.1, -0.05) is 24.3 Å². The van der Waals surface area contributed by atoms with Gasteiger partial charge in [0.25, 0.3) is 0 Å². The van der Waals surface area contributed by atoms with E-state index in [4.69, 9.17) is 0 Å². The summed E-state index contributed by atoms with van der Waals surface area (Å²) in [6, 6.07) is 11.2. The first-order valence-corrected chi connectivity index (χ1v) is 7.65. The van der Waals surface area contributed by atoms with Crippen LogP contribution in [0.4, 0.5) is 0 Å². The molecule has 3 aromatic rings. The predicted molar refractivity (Wildman–Crippen MR) is 88.2 cm³/mol. The lowest BCUT2D eigenvalue weighted by molar-refractivity contribution is -0.139. The Morgan fingerprint density at radius 3 is 2.62 bits per heavy atom. The Labute approximate surface area is 137 Å². The monoisotopic (exact) mass is 324 g/mol. The summed E-state index contributed by atoms with van der Waals surface area (Å²) in [5.41, 5.74) is 3.49. The number of carboxylic acids is 1. The highest BCUT2D eigenvalue weighted by molar-refractivity contribution is 5.87. The average molecular weight is 324 g/mol. The Morgan fingerprint density at radius 1 is 1.08 bits per heavy atom. The maximum Gasteiger partial charge on any atom is 0.321 e. The summed E-state index contributed by atoms with van der Waals surface area (Å²) in [6.45, 7) is 0. The molecule has 1 aromatic heterocycles. The maximum atomic E-state index is 11.6. The zero-order valence-electron chi connectivity index (χ0n) is 12.7. The van der Waals surface area contributed by atoms with E-state index in [1.807, 2.05) is 24.3 Å². The van der Waals surface area contributed by atoms with Gasteiger partial charge in [-0.2, -0.15) is 0 Å². The van der Waals surface area contributed by atoms with E-state index in [0.29, 0.717) is 12.0 Å². The van der Waals surface area contributed by atoms with E-state index in [1.165, 1.54) is 12.1 Å². The van der Waals surface area contributed by atoms with E-state index in [2.05, 4.69) is 10.3 Å². The van der Waals surface area contributed by atoms with Crippen molar-refractivity contribution in [2.24, 2.45) is 0 Å². The summed E-state index contributed by atoms with van der Waals surface area (Å²) < 4.78 is 0. The van der Waals surface area contributed by atoms with E-state index < -0.39 is 18.1 Å². The molecule has 5 N–H and O–H groups in total. The lowest BCUT2D eigenvalue weighted by Crippen LogP contribution is -2.44. The third-order valence-electron chi connectivity index (χ3n) is 4.54. The first kappa shape index (κ1) is 14.6. The fraction of sp³-hybridized carbons (Fsp3) is 0.167. The molecule has 6 nitrogen and oxygen atoms in total. The molecule has 2 aromatic carbocycles. The number of para-hydroxylation sites is 1.